The van der Waals surface area contributed by atoms with E-state index < -0.39 is 10.8 Å². The maximum absolute atomic E-state index is 12.5. The summed E-state index contributed by atoms with van der Waals surface area (Å²) in [5.41, 5.74) is 0.411. The first-order valence-electron chi connectivity index (χ1n) is 9.15. The van der Waals surface area contributed by atoms with Gasteiger partial charge in [0.25, 0.3) is 5.91 Å². The molecule has 0 fully saturated rings. The van der Waals surface area contributed by atoms with Gasteiger partial charge in [-0.2, -0.15) is 0 Å². The Bertz CT molecular complexity index is 1050. The molecule has 0 radical (unpaired) electrons. The summed E-state index contributed by atoms with van der Waals surface area (Å²) >= 11 is 0. The number of rotatable bonds is 8. The van der Waals surface area contributed by atoms with Gasteiger partial charge in [-0.1, -0.05) is 12.1 Å². The van der Waals surface area contributed by atoms with E-state index in [0.29, 0.717) is 22.9 Å². The number of benzene rings is 3. The first kappa shape index (κ1) is 20.7. The summed E-state index contributed by atoms with van der Waals surface area (Å²) in [5.74, 6) is 1.39. The minimum atomic E-state index is -0.578. The third kappa shape index (κ3) is 4.85. The van der Waals surface area contributed by atoms with Crippen LogP contribution >= 0.6 is 0 Å². The average Bonchev–Trinajstić information content (AvgIpc) is 2.75. The van der Waals surface area contributed by atoms with E-state index in [2.05, 4.69) is 5.32 Å². The molecular formula is C22H20N2O6. The van der Waals surface area contributed by atoms with E-state index in [0.717, 1.165) is 0 Å². The SMILES string of the molecule is CCOc1ccc(C(=O)Nc2ccc(Oc3ccccc3OC)cc2)cc1[N+](=O)[O-]. The van der Waals surface area contributed by atoms with Crippen molar-refractivity contribution in [1.29, 1.82) is 0 Å². The Labute approximate surface area is 173 Å². The van der Waals surface area contributed by atoms with Crippen molar-refractivity contribution in [2.24, 2.45) is 0 Å². The Morgan fingerprint density at radius 3 is 2.33 bits per heavy atom. The van der Waals surface area contributed by atoms with Crippen LogP contribution in [0.1, 0.15) is 17.3 Å². The molecule has 30 heavy (non-hydrogen) atoms. The van der Waals surface area contributed by atoms with E-state index in [9.17, 15) is 14.9 Å². The highest BCUT2D eigenvalue weighted by Gasteiger charge is 2.18. The van der Waals surface area contributed by atoms with Crippen LogP contribution in [0.3, 0.4) is 0 Å². The lowest BCUT2D eigenvalue weighted by atomic mass is 10.1. The molecule has 0 aliphatic carbocycles. The predicted molar refractivity (Wildman–Crippen MR) is 112 cm³/mol. The van der Waals surface area contributed by atoms with Gasteiger partial charge in [0.05, 0.1) is 18.6 Å². The van der Waals surface area contributed by atoms with Crippen LogP contribution in [0.25, 0.3) is 0 Å². The van der Waals surface area contributed by atoms with E-state index in [1.54, 1.807) is 50.4 Å². The van der Waals surface area contributed by atoms with Gasteiger partial charge < -0.3 is 19.5 Å². The number of nitro groups is 1. The third-order valence-electron chi connectivity index (χ3n) is 4.13. The molecule has 0 unspecified atom stereocenters. The fourth-order valence-corrected chi connectivity index (χ4v) is 2.72. The molecule has 1 amide bonds. The molecule has 0 aliphatic heterocycles. The number of ether oxygens (including phenoxy) is 3. The smallest absolute Gasteiger partial charge is 0.311 e. The van der Waals surface area contributed by atoms with Crippen molar-refractivity contribution in [3.63, 3.8) is 0 Å². The molecule has 0 aliphatic rings. The zero-order valence-corrected chi connectivity index (χ0v) is 16.5. The monoisotopic (exact) mass is 408 g/mol. The van der Waals surface area contributed by atoms with Crippen LogP contribution in [-0.4, -0.2) is 24.5 Å². The first-order valence-corrected chi connectivity index (χ1v) is 9.15. The second-order valence-corrected chi connectivity index (χ2v) is 6.10. The van der Waals surface area contributed by atoms with Crippen LogP contribution in [0.2, 0.25) is 0 Å². The summed E-state index contributed by atoms with van der Waals surface area (Å²) in [5, 5.41) is 13.9. The van der Waals surface area contributed by atoms with Gasteiger partial charge in [0.15, 0.2) is 17.2 Å². The fraction of sp³-hybridized carbons (Fsp3) is 0.136. The molecule has 8 nitrogen and oxygen atoms in total. The lowest BCUT2D eigenvalue weighted by Gasteiger charge is -2.11. The van der Waals surface area contributed by atoms with Crippen molar-refractivity contribution < 1.29 is 23.9 Å². The van der Waals surface area contributed by atoms with Gasteiger partial charge in [0.2, 0.25) is 0 Å². The van der Waals surface area contributed by atoms with E-state index in [-0.39, 0.29) is 23.6 Å². The highest BCUT2D eigenvalue weighted by molar-refractivity contribution is 6.04. The van der Waals surface area contributed by atoms with Crippen LogP contribution in [0.15, 0.2) is 66.7 Å². The maximum atomic E-state index is 12.5. The summed E-state index contributed by atoms with van der Waals surface area (Å²) < 4.78 is 16.3. The number of hydrogen-bond donors (Lipinski definition) is 1. The number of methoxy groups -OCH3 is 1. The van der Waals surface area contributed by atoms with Gasteiger partial charge in [-0.05, 0) is 55.5 Å². The van der Waals surface area contributed by atoms with Crippen LogP contribution in [0, 0.1) is 10.1 Å². The molecule has 0 saturated heterocycles. The molecule has 3 aromatic carbocycles. The van der Waals surface area contributed by atoms with Crippen molar-refractivity contribution >= 4 is 17.3 Å². The van der Waals surface area contributed by atoms with E-state index in [4.69, 9.17) is 14.2 Å². The Kier molecular flexibility index (Phi) is 6.49. The van der Waals surface area contributed by atoms with Crippen molar-refractivity contribution in [3.8, 4) is 23.0 Å². The van der Waals surface area contributed by atoms with Crippen molar-refractivity contribution in [1.82, 2.24) is 0 Å². The van der Waals surface area contributed by atoms with Gasteiger partial charge in [0, 0.05) is 17.3 Å². The Morgan fingerprint density at radius 1 is 1.00 bits per heavy atom. The molecule has 1 N–H and O–H groups in total. The highest BCUT2D eigenvalue weighted by atomic mass is 16.6. The summed E-state index contributed by atoms with van der Waals surface area (Å²) in [7, 11) is 1.56. The van der Waals surface area contributed by atoms with Gasteiger partial charge in [0.1, 0.15) is 5.75 Å². The van der Waals surface area contributed by atoms with Crippen LogP contribution in [0.5, 0.6) is 23.0 Å². The minimum absolute atomic E-state index is 0.122. The van der Waals surface area contributed by atoms with Crippen LogP contribution < -0.4 is 19.5 Å². The summed E-state index contributed by atoms with van der Waals surface area (Å²) in [4.78, 5) is 23.2. The molecule has 3 rings (SSSR count). The third-order valence-corrected chi connectivity index (χ3v) is 4.13. The van der Waals surface area contributed by atoms with E-state index >= 15 is 0 Å². The number of carbonyl (C=O) groups is 1. The molecule has 0 saturated carbocycles. The summed E-state index contributed by atoms with van der Waals surface area (Å²) in [6.07, 6.45) is 0. The lowest BCUT2D eigenvalue weighted by Crippen LogP contribution is -2.12. The van der Waals surface area contributed by atoms with Crippen molar-refractivity contribution in [3.05, 3.63) is 82.4 Å². The molecule has 3 aromatic rings. The normalized spacial score (nSPS) is 10.2. The molecular weight excluding hydrogens is 388 g/mol. The van der Waals surface area contributed by atoms with Crippen LogP contribution in [0.4, 0.5) is 11.4 Å². The quantitative estimate of drug-likeness (QED) is 0.414. The number of nitrogens with zero attached hydrogens (tertiary/aromatic N) is 1. The van der Waals surface area contributed by atoms with E-state index in [1.807, 2.05) is 12.1 Å². The molecule has 0 atom stereocenters. The zero-order valence-electron chi connectivity index (χ0n) is 16.5. The van der Waals surface area contributed by atoms with Gasteiger partial charge >= 0.3 is 5.69 Å². The first-order chi connectivity index (χ1) is 14.5. The highest BCUT2D eigenvalue weighted by Crippen LogP contribution is 2.32. The van der Waals surface area contributed by atoms with Gasteiger partial charge in [-0.15, -0.1) is 0 Å². The second kappa shape index (κ2) is 9.42. The zero-order chi connectivity index (χ0) is 21.5. The Morgan fingerprint density at radius 2 is 1.70 bits per heavy atom. The number of nitro benzene ring substituents is 1. The minimum Gasteiger partial charge on any atom is -0.493 e. The van der Waals surface area contributed by atoms with Crippen LogP contribution in [-0.2, 0) is 0 Å². The molecule has 0 aromatic heterocycles. The molecule has 154 valence electrons. The topological polar surface area (TPSA) is 99.9 Å². The number of anilines is 1. The molecule has 0 bridgehead atoms. The average molecular weight is 408 g/mol. The largest absolute Gasteiger partial charge is 0.493 e. The van der Waals surface area contributed by atoms with Gasteiger partial charge in [-0.3, -0.25) is 14.9 Å². The van der Waals surface area contributed by atoms with Crippen molar-refractivity contribution in [2.45, 2.75) is 6.92 Å². The van der Waals surface area contributed by atoms with E-state index in [1.165, 1.54) is 18.2 Å². The number of nitrogens with one attached hydrogen (secondary N) is 1. The lowest BCUT2D eigenvalue weighted by molar-refractivity contribution is -0.385. The number of para-hydroxylation sites is 2. The molecule has 0 heterocycles. The fourth-order valence-electron chi connectivity index (χ4n) is 2.72. The Hall–Kier alpha value is -4.07. The molecule has 8 heteroatoms. The number of hydrogen-bond acceptors (Lipinski definition) is 6. The Balaban J connectivity index is 1.71. The summed E-state index contributed by atoms with van der Waals surface area (Å²) in [6.45, 7) is 2.02. The second-order valence-electron chi connectivity index (χ2n) is 6.10. The number of carbonyl (C=O) groups excluding carboxylic acids is 1. The maximum Gasteiger partial charge on any atom is 0.311 e. The standard InChI is InChI=1S/C22H20N2O6/c1-3-29-19-13-8-15(14-18(19)24(26)27)22(25)23-16-9-11-17(12-10-16)30-21-7-5-4-6-20(21)28-2/h4-14H,3H2,1-2H3,(H,23,25). The summed E-state index contributed by atoms with van der Waals surface area (Å²) in [6, 6.07) is 18.1. The van der Waals surface area contributed by atoms with Gasteiger partial charge in [-0.25, -0.2) is 0 Å². The number of amides is 1. The van der Waals surface area contributed by atoms with Crippen molar-refractivity contribution in [2.75, 3.05) is 19.0 Å². The predicted octanol–water partition coefficient (Wildman–Crippen LogP) is 5.05. The molecule has 0 spiro atoms.